The molecule has 7 nitrogen and oxygen atoms in total. The summed E-state index contributed by atoms with van der Waals surface area (Å²) in [4.78, 5) is 37.7. The summed E-state index contributed by atoms with van der Waals surface area (Å²) in [5.74, 6) is 0. The molecule has 0 saturated heterocycles. The summed E-state index contributed by atoms with van der Waals surface area (Å²) in [5.41, 5.74) is 2.98. The van der Waals surface area contributed by atoms with Crippen molar-refractivity contribution in [3.8, 4) is 5.69 Å². The van der Waals surface area contributed by atoms with Crippen molar-refractivity contribution in [2.45, 2.75) is 6.92 Å². The third-order valence-corrected chi connectivity index (χ3v) is 4.68. The molecule has 0 saturated carbocycles. The van der Waals surface area contributed by atoms with Crippen molar-refractivity contribution in [2.75, 3.05) is 5.43 Å². The molecular formula is C20H16N4O3. The lowest BCUT2D eigenvalue weighted by atomic mass is 10.2. The fourth-order valence-electron chi connectivity index (χ4n) is 3.15. The maximum Gasteiger partial charge on any atom is 0.296 e. The first-order valence-electron chi connectivity index (χ1n) is 8.37. The minimum Gasteiger partial charge on any atom is -0.287 e. The van der Waals surface area contributed by atoms with Crippen molar-refractivity contribution >= 4 is 16.5 Å². The van der Waals surface area contributed by atoms with Gasteiger partial charge in [-0.05, 0) is 19.1 Å². The molecule has 3 aromatic carbocycles. The number of hydrogen-bond donors (Lipinski definition) is 1. The first-order chi connectivity index (χ1) is 13.0. The van der Waals surface area contributed by atoms with Crippen molar-refractivity contribution in [1.82, 2.24) is 9.36 Å². The van der Waals surface area contributed by atoms with Crippen LogP contribution >= 0.6 is 0 Å². The summed E-state index contributed by atoms with van der Waals surface area (Å²) in [6, 6.07) is 15.7. The Morgan fingerprint density at radius 2 is 1.41 bits per heavy atom. The molecule has 27 heavy (non-hydrogen) atoms. The van der Waals surface area contributed by atoms with Crippen molar-refractivity contribution in [2.24, 2.45) is 12.1 Å². The van der Waals surface area contributed by atoms with Gasteiger partial charge < -0.3 is 0 Å². The Kier molecular flexibility index (Phi) is 3.84. The van der Waals surface area contributed by atoms with Crippen LogP contribution in [-0.4, -0.2) is 9.36 Å². The Hall–Kier alpha value is -3.74. The second-order valence-electron chi connectivity index (χ2n) is 6.21. The Morgan fingerprint density at radius 3 is 2.00 bits per heavy atom. The van der Waals surface area contributed by atoms with E-state index < -0.39 is 10.9 Å². The van der Waals surface area contributed by atoms with Crippen LogP contribution in [0.3, 0.4) is 0 Å². The molecule has 0 radical (unpaired) electrons. The first kappa shape index (κ1) is 16.7. The average Bonchev–Trinajstić information content (AvgIpc) is 3.06. The van der Waals surface area contributed by atoms with E-state index >= 15 is 0 Å². The van der Waals surface area contributed by atoms with Crippen LogP contribution in [-0.2, 0) is 7.05 Å². The Morgan fingerprint density at radius 1 is 0.852 bits per heavy atom. The van der Waals surface area contributed by atoms with E-state index in [9.17, 15) is 14.4 Å². The number of anilines is 1. The molecule has 4 rings (SSSR count). The molecule has 134 valence electrons. The van der Waals surface area contributed by atoms with Crippen molar-refractivity contribution in [3.63, 3.8) is 0 Å². The van der Waals surface area contributed by atoms with Gasteiger partial charge in [-0.1, -0.05) is 42.5 Å². The number of nitrogens with one attached hydrogen (secondary N) is 1. The highest BCUT2D eigenvalue weighted by Gasteiger charge is 2.16. The summed E-state index contributed by atoms with van der Waals surface area (Å²) >= 11 is 0. The van der Waals surface area contributed by atoms with Crippen LogP contribution in [0.4, 0.5) is 5.69 Å². The van der Waals surface area contributed by atoms with Crippen LogP contribution in [0, 0.1) is 6.92 Å². The van der Waals surface area contributed by atoms with Gasteiger partial charge in [0.2, 0.25) is 10.9 Å². The van der Waals surface area contributed by atoms with E-state index in [0.29, 0.717) is 22.2 Å². The SMILES string of the molecule is Cc1c(NN=c2c(=O)c3ccccc3c2=O)c(=O)n(-c2ccccc2)n1C. The van der Waals surface area contributed by atoms with Gasteiger partial charge in [0.05, 0.1) is 11.4 Å². The number of fused-ring (bicyclic) bond motifs is 1. The lowest BCUT2D eigenvalue weighted by molar-refractivity contribution is 0.630. The Balaban J connectivity index is 1.86. The number of aromatic nitrogens is 2. The molecule has 7 heteroatoms. The zero-order valence-corrected chi connectivity index (χ0v) is 14.8. The van der Waals surface area contributed by atoms with E-state index in [0.717, 1.165) is 0 Å². The fourth-order valence-corrected chi connectivity index (χ4v) is 3.15. The summed E-state index contributed by atoms with van der Waals surface area (Å²) < 4.78 is 3.18. The van der Waals surface area contributed by atoms with Gasteiger partial charge in [0, 0.05) is 17.8 Å². The smallest absolute Gasteiger partial charge is 0.287 e. The molecule has 1 heterocycles. The predicted molar refractivity (Wildman–Crippen MR) is 104 cm³/mol. The van der Waals surface area contributed by atoms with E-state index in [1.54, 1.807) is 42.9 Å². The van der Waals surface area contributed by atoms with Crippen LogP contribution < -0.4 is 27.2 Å². The average molecular weight is 360 g/mol. The molecule has 1 aromatic heterocycles. The summed E-state index contributed by atoms with van der Waals surface area (Å²) in [5, 5.41) is 4.42. The standard InChI is InChI=1S/C20H16N4O3/c1-12-16(20(27)24(23(12)2)13-8-4-3-5-9-13)21-22-17-18(25)14-10-6-7-11-15(14)19(17)26/h3-11,21H,1-2H3. The van der Waals surface area contributed by atoms with Crippen molar-refractivity contribution < 1.29 is 0 Å². The topological polar surface area (TPSA) is 85.5 Å². The van der Waals surface area contributed by atoms with Crippen molar-refractivity contribution in [1.29, 1.82) is 0 Å². The molecule has 0 spiro atoms. The molecule has 0 amide bonds. The zero-order valence-electron chi connectivity index (χ0n) is 14.8. The van der Waals surface area contributed by atoms with Crippen LogP contribution in [0.5, 0.6) is 0 Å². The van der Waals surface area contributed by atoms with E-state index in [-0.39, 0.29) is 16.6 Å². The van der Waals surface area contributed by atoms with Gasteiger partial charge in [0.25, 0.3) is 5.56 Å². The van der Waals surface area contributed by atoms with Crippen molar-refractivity contribution in [3.05, 3.63) is 96.4 Å². The number of benzene rings is 2. The van der Waals surface area contributed by atoms with Crippen LogP contribution in [0.2, 0.25) is 0 Å². The van der Waals surface area contributed by atoms with Crippen LogP contribution in [0.15, 0.2) is 74.1 Å². The van der Waals surface area contributed by atoms with Gasteiger partial charge in [-0.3, -0.25) is 24.5 Å². The quantitative estimate of drug-likeness (QED) is 0.556. The molecule has 1 N–H and O–H groups in total. The summed E-state index contributed by atoms with van der Waals surface area (Å²) in [6.45, 7) is 1.76. The van der Waals surface area contributed by atoms with Gasteiger partial charge in [0.15, 0.2) is 5.36 Å². The van der Waals surface area contributed by atoms with Crippen LogP contribution in [0.25, 0.3) is 16.5 Å². The van der Waals surface area contributed by atoms with E-state index in [2.05, 4.69) is 10.5 Å². The van der Waals surface area contributed by atoms with Gasteiger partial charge in [0.1, 0.15) is 5.69 Å². The third-order valence-electron chi connectivity index (χ3n) is 4.68. The number of hydrogen-bond acceptors (Lipinski definition) is 5. The monoisotopic (exact) mass is 360 g/mol. The molecule has 0 unspecified atom stereocenters. The van der Waals surface area contributed by atoms with E-state index in [4.69, 9.17) is 0 Å². The lowest BCUT2D eigenvalue weighted by Gasteiger charge is -2.07. The maximum atomic E-state index is 12.8. The molecule has 0 atom stereocenters. The predicted octanol–water partition coefficient (Wildman–Crippen LogP) is 1.16. The largest absolute Gasteiger partial charge is 0.296 e. The minimum atomic E-state index is -0.444. The minimum absolute atomic E-state index is 0.213. The van der Waals surface area contributed by atoms with Gasteiger partial charge in [-0.2, -0.15) is 5.10 Å². The first-order valence-corrected chi connectivity index (χ1v) is 8.37. The maximum absolute atomic E-state index is 12.8. The van der Waals surface area contributed by atoms with E-state index in [1.807, 2.05) is 30.3 Å². The highest BCUT2D eigenvalue weighted by atomic mass is 16.1. The molecular weight excluding hydrogens is 344 g/mol. The van der Waals surface area contributed by atoms with Gasteiger partial charge >= 0.3 is 0 Å². The highest BCUT2D eigenvalue weighted by molar-refractivity contribution is 5.83. The summed E-state index contributed by atoms with van der Waals surface area (Å²) in [6.07, 6.45) is 0. The number of rotatable bonds is 3. The van der Waals surface area contributed by atoms with Gasteiger partial charge in [-0.15, -0.1) is 0 Å². The zero-order chi connectivity index (χ0) is 19.1. The Labute approximate surface area is 153 Å². The second-order valence-corrected chi connectivity index (χ2v) is 6.21. The van der Waals surface area contributed by atoms with Crippen LogP contribution in [0.1, 0.15) is 5.69 Å². The molecule has 0 bridgehead atoms. The molecule has 4 aromatic rings. The Bertz CT molecular complexity index is 1320. The molecule has 0 aliphatic rings. The summed E-state index contributed by atoms with van der Waals surface area (Å²) in [7, 11) is 1.75. The lowest BCUT2D eigenvalue weighted by Crippen LogP contribution is -2.33. The third kappa shape index (κ3) is 2.52. The van der Waals surface area contributed by atoms with E-state index in [1.165, 1.54) is 4.68 Å². The number of nitrogens with zero attached hydrogens (tertiary/aromatic N) is 3. The molecule has 0 fully saturated rings. The molecule has 0 aliphatic heterocycles. The fraction of sp³-hybridized carbons (Fsp3) is 0.100. The highest BCUT2D eigenvalue weighted by Crippen LogP contribution is 2.13. The second kappa shape index (κ2) is 6.21. The molecule has 0 aliphatic carbocycles. The number of para-hydroxylation sites is 1. The van der Waals surface area contributed by atoms with Gasteiger partial charge in [-0.25, -0.2) is 4.68 Å². The normalized spacial score (nSPS) is 11.0.